The number of aromatic nitrogens is 4. The molecule has 112 valence electrons. The molecule has 1 aliphatic heterocycles. The summed E-state index contributed by atoms with van der Waals surface area (Å²) in [6.45, 7) is 1.58. The summed E-state index contributed by atoms with van der Waals surface area (Å²) in [6.07, 6.45) is 4.15. The minimum atomic E-state index is -0.421. The first kappa shape index (κ1) is 13.7. The van der Waals surface area contributed by atoms with Gasteiger partial charge in [0.15, 0.2) is 5.82 Å². The van der Waals surface area contributed by atoms with E-state index < -0.39 is 5.82 Å². The molecule has 0 aromatic carbocycles. The first-order valence-electron chi connectivity index (χ1n) is 6.87. The van der Waals surface area contributed by atoms with Crippen LogP contribution in [0.1, 0.15) is 24.7 Å². The number of rotatable bonds is 3. The highest BCUT2D eigenvalue weighted by molar-refractivity contribution is 5.30. The van der Waals surface area contributed by atoms with Crippen molar-refractivity contribution in [3.63, 3.8) is 0 Å². The average molecular weight is 292 g/mol. The Kier molecular flexibility index (Phi) is 3.68. The van der Waals surface area contributed by atoms with Gasteiger partial charge < -0.3 is 14.3 Å². The van der Waals surface area contributed by atoms with Crippen molar-refractivity contribution < 1.29 is 8.91 Å². The molecule has 1 fully saturated rings. The van der Waals surface area contributed by atoms with E-state index >= 15 is 0 Å². The SMILES string of the molecule is CN(C)c1noc(C2CCN(c3ncc(F)cn3)CC2)n1. The van der Waals surface area contributed by atoms with E-state index in [1.807, 2.05) is 23.9 Å². The molecule has 0 bridgehead atoms. The van der Waals surface area contributed by atoms with Gasteiger partial charge in [-0.1, -0.05) is 0 Å². The van der Waals surface area contributed by atoms with Gasteiger partial charge in [0.2, 0.25) is 11.8 Å². The fraction of sp³-hybridized carbons (Fsp3) is 0.538. The van der Waals surface area contributed by atoms with Gasteiger partial charge >= 0.3 is 0 Å². The van der Waals surface area contributed by atoms with Crippen LogP contribution in [0.25, 0.3) is 0 Å². The number of nitrogens with zero attached hydrogens (tertiary/aromatic N) is 6. The van der Waals surface area contributed by atoms with Gasteiger partial charge in [0.05, 0.1) is 12.4 Å². The zero-order chi connectivity index (χ0) is 14.8. The van der Waals surface area contributed by atoms with E-state index in [9.17, 15) is 4.39 Å². The molecule has 2 aromatic rings. The smallest absolute Gasteiger partial charge is 0.265 e. The molecule has 3 heterocycles. The molecule has 1 saturated heterocycles. The quantitative estimate of drug-likeness (QED) is 0.847. The summed E-state index contributed by atoms with van der Waals surface area (Å²) in [4.78, 5) is 16.3. The molecule has 0 spiro atoms. The van der Waals surface area contributed by atoms with Crippen LogP contribution < -0.4 is 9.80 Å². The number of hydrogen-bond donors (Lipinski definition) is 0. The lowest BCUT2D eigenvalue weighted by atomic mass is 9.97. The van der Waals surface area contributed by atoms with Gasteiger partial charge in [-0.05, 0) is 18.0 Å². The van der Waals surface area contributed by atoms with Crippen LogP contribution in [-0.4, -0.2) is 47.3 Å². The van der Waals surface area contributed by atoms with Crippen LogP contribution in [0.15, 0.2) is 16.9 Å². The highest BCUT2D eigenvalue weighted by Crippen LogP contribution is 2.28. The predicted octanol–water partition coefficient (Wildman–Crippen LogP) is 1.45. The van der Waals surface area contributed by atoms with Crippen LogP contribution in [0.4, 0.5) is 16.3 Å². The third-order valence-corrected chi connectivity index (χ3v) is 3.56. The van der Waals surface area contributed by atoms with Crippen LogP contribution in [0, 0.1) is 5.82 Å². The lowest BCUT2D eigenvalue weighted by molar-refractivity contribution is 0.328. The van der Waals surface area contributed by atoms with Crippen molar-refractivity contribution in [2.45, 2.75) is 18.8 Å². The summed E-state index contributed by atoms with van der Waals surface area (Å²) in [5.74, 6) is 1.67. The highest BCUT2D eigenvalue weighted by atomic mass is 19.1. The lowest BCUT2D eigenvalue weighted by Crippen LogP contribution is -2.34. The van der Waals surface area contributed by atoms with Gasteiger partial charge in [-0.3, -0.25) is 0 Å². The van der Waals surface area contributed by atoms with Gasteiger partial charge in [0, 0.05) is 33.1 Å². The minimum absolute atomic E-state index is 0.253. The van der Waals surface area contributed by atoms with Crippen LogP contribution >= 0.6 is 0 Å². The molecule has 0 aliphatic carbocycles. The summed E-state index contributed by atoms with van der Waals surface area (Å²) in [7, 11) is 3.76. The largest absolute Gasteiger partial charge is 0.344 e. The van der Waals surface area contributed by atoms with Crippen molar-refractivity contribution >= 4 is 11.9 Å². The molecule has 1 aliphatic rings. The monoisotopic (exact) mass is 292 g/mol. The Morgan fingerprint density at radius 3 is 2.48 bits per heavy atom. The van der Waals surface area contributed by atoms with Crippen LogP contribution in [-0.2, 0) is 0 Å². The summed E-state index contributed by atoms with van der Waals surface area (Å²) in [5, 5.41) is 3.94. The molecule has 0 radical (unpaired) electrons. The molecule has 7 nitrogen and oxygen atoms in total. The third kappa shape index (κ3) is 2.93. The Balaban J connectivity index is 1.63. The van der Waals surface area contributed by atoms with E-state index in [1.54, 1.807) is 0 Å². The fourth-order valence-corrected chi connectivity index (χ4v) is 2.37. The zero-order valence-electron chi connectivity index (χ0n) is 12.0. The molecule has 3 rings (SSSR count). The molecule has 0 N–H and O–H groups in total. The molecule has 8 heteroatoms. The third-order valence-electron chi connectivity index (χ3n) is 3.56. The zero-order valence-corrected chi connectivity index (χ0v) is 12.0. The van der Waals surface area contributed by atoms with Crippen LogP contribution in [0.3, 0.4) is 0 Å². The molecule has 0 atom stereocenters. The summed E-state index contributed by atoms with van der Waals surface area (Å²) < 4.78 is 18.1. The van der Waals surface area contributed by atoms with E-state index in [0.717, 1.165) is 25.9 Å². The van der Waals surface area contributed by atoms with Gasteiger partial charge in [-0.15, -0.1) is 0 Å². The molecule has 0 saturated carbocycles. The van der Waals surface area contributed by atoms with Crippen LogP contribution in [0.5, 0.6) is 0 Å². The van der Waals surface area contributed by atoms with Gasteiger partial charge in [-0.2, -0.15) is 4.98 Å². The second-order valence-electron chi connectivity index (χ2n) is 5.29. The van der Waals surface area contributed by atoms with Crippen molar-refractivity contribution in [1.82, 2.24) is 20.1 Å². The Bertz CT molecular complexity index is 591. The average Bonchev–Trinajstić information content (AvgIpc) is 2.98. The second kappa shape index (κ2) is 5.63. The highest BCUT2D eigenvalue weighted by Gasteiger charge is 2.26. The van der Waals surface area contributed by atoms with Gasteiger partial charge in [0.1, 0.15) is 0 Å². The number of piperidine rings is 1. The number of hydrogen-bond acceptors (Lipinski definition) is 7. The number of halogens is 1. The van der Waals surface area contributed by atoms with Gasteiger partial charge in [-0.25, -0.2) is 14.4 Å². The maximum atomic E-state index is 12.8. The number of anilines is 2. The van der Waals surface area contributed by atoms with Crippen molar-refractivity contribution in [2.75, 3.05) is 37.0 Å². The van der Waals surface area contributed by atoms with Gasteiger partial charge in [0.25, 0.3) is 5.95 Å². The maximum absolute atomic E-state index is 12.8. The van der Waals surface area contributed by atoms with Crippen molar-refractivity contribution in [1.29, 1.82) is 0 Å². The van der Waals surface area contributed by atoms with E-state index in [-0.39, 0.29) is 5.92 Å². The lowest BCUT2D eigenvalue weighted by Gasteiger charge is -2.30. The molecule has 0 amide bonds. The normalized spacial score (nSPS) is 16.2. The van der Waals surface area contributed by atoms with Crippen LogP contribution in [0.2, 0.25) is 0 Å². The fourth-order valence-electron chi connectivity index (χ4n) is 2.37. The summed E-state index contributed by atoms with van der Waals surface area (Å²) in [6, 6.07) is 0. The van der Waals surface area contributed by atoms with Crippen molar-refractivity contribution in [2.24, 2.45) is 0 Å². The summed E-state index contributed by atoms with van der Waals surface area (Å²) in [5.41, 5.74) is 0. The molecule has 0 unspecified atom stereocenters. The second-order valence-corrected chi connectivity index (χ2v) is 5.29. The Labute approximate surface area is 121 Å². The Morgan fingerprint density at radius 1 is 1.24 bits per heavy atom. The van der Waals surface area contributed by atoms with E-state index in [1.165, 1.54) is 12.4 Å². The van der Waals surface area contributed by atoms with E-state index in [2.05, 4.69) is 20.1 Å². The topological polar surface area (TPSA) is 71.2 Å². The van der Waals surface area contributed by atoms with E-state index in [0.29, 0.717) is 17.8 Å². The standard InChI is InChI=1S/C13H17FN6O/c1-19(2)13-17-11(21-18-13)9-3-5-20(6-4-9)12-15-7-10(14)8-16-12/h7-9H,3-6H2,1-2H3. The molecular formula is C13H17FN6O. The molecular weight excluding hydrogens is 275 g/mol. The van der Waals surface area contributed by atoms with E-state index in [4.69, 9.17) is 4.52 Å². The predicted molar refractivity (Wildman–Crippen MR) is 74.8 cm³/mol. The summed E-state index contributed by atoms with van der Waals surface area (Å²) >= 11 is 0. The minimum Gasteiger partial charge on any atom is -0.344 e. The van der Waals surface area contributed by atoms with Crippen molar-refractivity contribution in [3.05, 3.63) is 24.1 Å². The molecule has 2 aromatic heterocycles. The van der Waals surface area contributed by atoms with Crippen molar-refractivity contribution in [3.8, 4) is 0 Å². The maximum Gasteiger partial charge on any atom is 0.265 e. The Morgan fingerprint density at radius 2 is 1.90 bits per heavy atom. The first-order chi connectivity index (χ1) is 10.1. The first-order valence-corrected chi connectivity index (χ1v) is 6.87. The molecule has 21 heavy (non-hydrogen) atoms. The Hall–Kier alpha value is -2.25.